The molecule has 1 N–H and O–H groups in total. The zero-order chi connectivity index (χ0) is 24.2. The molecule has 0 saturated carbocycles. The molecule has 8 heteroatoms. The number of rotatable bonds is 6. The summed E-state index contributed by atoms with van der Waals surface area (Å²) in [6.07, 6.45) is 5.43. The molecule has 3 aliphatic heterocycles. The molecule has 0 aliphatic carbocycles. The highest BCUT2D eigenvalue weighted by molar-refractivity contribution is 6.33. The smallest absolute Gasteiger partial charge is 0.147 e. The van der Waals surface area contributed by atoms with Gasteiger partial charge in [-0.2, -0.15) is 5.26 Å². The number of benzene rings is 1. The highest BCUT2D eigenvalue weighted by Gasteiger charge is 2.34. The molecular weight excluding hydrogens is 458 g/mol. The Morgan fingerprint density at radius 3 is 2.60 bits per heavy atom. The molecule has 2 fully saturated rings. The molecule has 1 atom stereocenters. The molecule has 5 rings (SSSR count). The summed E-state index contributed by atoms with van der Waals surface area (Å²) in [5.74, 6) is 1.79. The van der Waals surface area contributed by atoms with Crippen LogP contribution in [0.3, 0.4) is 0 Å². The second kappa shape index (κ2) is 10.9. The van der Waals surface area contributed by atoms with E-state index in [4.69, 9.17) is 21.8 Å². The lowest BCUT2D eigenvalue weighted by atomic mass is 9.97. The van der Waals surface area contributed by atoms with Crippen LogP contribution in [0.2, 0.25) is 5.02 Å². The third-order valence-corrected chi connectivity index (χ3v) is 7.86. The molecule has 184 valence electrons. The summed E-state index contributed by atoms with van der Waals surface area (Å²) >= 11 is 6.69. The van der Waals surface area contributed by atoms with Gasteiger partial charge in [-0.3, -0.25) is 14.8 Å². The monoisotopic (exact) mass is 491 g/mol. The van der Waals surface area contributed by atoms with E-state index in [2.05, 4.69) is 50.1 Å². The molecule has 1 aromatic carbocycles. The van der Waals surface area contributed by atoms with Crippen molar-refractivity contribution in [3.05, 3.63) is 58.2 Å². The SMILES string of the molecule is CCC1CN(c2ncc(C3=NCCN3)cc2Cl)CCN1C1CCN(Cc2ccc(C#N)cc2)CC1. The van der Waals surface area contributed by atoms with E-state index in [1.54, 1.807) is 0 Å². The number of aliphatic imine (C=N–C) groups is 1. The predicted molar refractivity (Wildman–Crippen MR) is 141 cm³/mol. The molecule has 0 radical (unpaired) electrons. The van der Waals surface area contributed by atoms with Crippen LogP contribution < -0.4 is 10.2 Å². The Labute approximate surface area is 213 Å². The van der Waals surface area contributed by atoms with Crippen LogP contribution in [0.4, 0.5) is 5.82 Å². The molecule has 4 heterocycles. The molecule has 7 nitrogen and oxygen atoms in total. The summed E-state index contributed by atoms with van der Waals surface area (Å²) < 4.78 is 0. The number of piperidine rings is 1. The van der Waals surface area contributed by atoms with Gasteiger partial charge in [-0.1, -0.05) is 30.7 Å². The van der Waals surface area contributed by atoms with Crippen LogP contribution in [-0.2, 0) is 6.54 Å². The minimum absolute atomic E-state index is 0.511. The summed E-state index contributed by atoms with van der Waals surface area (Å²) in [5, 5.41) is 13.0. The topological polar surface area (TPSA) is 70.8 Å². The highest BCUT2D eigenvalue weighted by Crippen LogP contribution is 2.30. The molecule has 1 unspecified atom stereocenters. The highest BCUT2D eigenvalue weighted by atomic mass is 35.5. The summed E-state index contributed by atoms with van der Waals surface area (Å²) in [5.41, 5.74) is 2.98. The Hall–Kier alpha value is -2.66. The molecule has 0 spiro atoms. The minimum atomic E-state index is 0.511. The van der Waals surface area contributed by atoms with E-state index in [0.29, 0.717) is 17.1 Å². The van der Waals surface area contributed by atoms with Gasteiger partial charge in [0.2, 0.25) is 0 Å². The van der Waals surface area contributed by atoms with E-state index >= 15 is 0 Å². The molecule has 3 aliphatic rings. The molecule has 35 heavy (non-hydrogen) atoms. The van der Waals surface area contributed by atoms with Gasteiger partial charge < -0.3 is 10.2 Å². The van der Waals surface area contributed by atoms with Crippen molar-refractivity contribution in [1.29, 1.82) is 5.26 Å². The maximum atomic E-state index is 9.01. The minimum Gasteiger partial charge on any atom is -0.368 e. The van der Waals surface area contributed by atoms with Crippen LogP contribution in [0.15, 0.2) is 41.5 Å². The number of nitrogens with one attached hydrogen (secondary N) is 1. The normalized spacial score (nSPS) is 22.0. The number of likely N-dealkylation sites (tertiary alicyclic amines) is 1. The number of hydrogen-bond donors (Lipinski definition) is 1. The molecule has 0 amide bonds. The fourth-order valence-corrected chi connectivity index (χ4v) is 5.93. The average molecular weight is 492 g/mol. The number of hydrogen-bond acceptors (Lipinski definition) is 7. The number of piperazine rings is 1. The maximum Gasteiger partial charge on any atom is 0.147 e. The molecule has 2 saturated heterocycles. The Kier molecular flexibility index (Phi) is 7.52. The Balaban J connectivity index is 1.17. The van der Waals surface area contributed by atoms with Crippen LogP contribution in [0.25, 0.3) is 0 Å². The second-order valence-electron chi connectivity index (χ2n) is 9.75. The number of nitriles is 1. The van der Waals surface area contributed by atoms with Crippen molar-refractivity contribution in [2.24, 2.45) is 4.99 Å². The van der Waals surface area contributed by atoms with Gasteiger partial charge in [0.15, 0.2) is 0 Å². The van der Waals surface area contributed by atoms with Crippen molar-refractivity contribution >= 4 is 23.3 Å². The summed E-state index contributed by atoms with van der Waals surface area (Å²) in [4.78, 5) is 16.9. The summed E-state index contributed by atoms with van der Waals surface area (Å²) in [6, 6.07) is 13.3. The average Bonchev–Trinajstić information content (AvgIpc) is 3.44. The van der Waals surface area contributed by atoms with Gasteiger partial charge in [-0.25, -0.2) is 4.98 Å². The lowest BCUT2D eigenvalue weighted by Crippen LogP contribution is -2.58. The number of amidine groups is 1. The van der Waals surface area contributed by atoms with Crippen molar-refractivity contribution < 1.29 is 0 Å². The predicted octanol–water partition coefficient (Wildman–Crippen LogP) is 3.52. The number of pyridine rings is 1. The van der Waals surface area contributed by atoms with Crippen LogP contribution in [0.1, 0.15) is 42.9 Å². The first kappa shape index (κ1) is 24.1. The number of halogens is 1. The van der Waals surface area contributed by atoms with Gasteiger partial charge in [-0.05, 0) is 56.1 Å². The molecular formula is C27H34ClN7. The van der Waals surface area contributed by atoms with Gasteiger partial charge in [0.05, 0.1) is 23.2 Å². The van der Waals surface area contributed by atoms with E-state index < -0.39 is 0 Å². The Bertz CT molecular complexity index is 1090. The van der Waals surface area contributed by atoms with Crippen LogP contribution in [0, 0.1) is 11.3 Å². The number of anilines is 1. The van der Waals surface area contributed by atoms with E-state index in [0.717, 1.165) is 81.6 Å². The Morgan fingerprint density at radius 2 is 1.94 bits per heavy atom. The summed E-state index contributed by atoms with van der Waals surface area (Å²) in [6.45, 7) is 10.1. The fourth-order valence-electron chi connectivity index (χ4n) is 5.64. The first-order valence-electron chi connectivity index (χ1n) is 12.8. The maximum absolute atomic E-state index is 9.01. The fraction of sp³-hybridized carbons (Fsp3) is 0.519. The van der Waals surface area contributed by atoms with Crippen molar-refractivity contribution in [1.82, 2.24) is 20.1 Å². The third-order valence-electron chi connectivity index (χ3n) is 7.58. The number of aromatic nitrogens is 1. The van der Waals surface area contributed by atoms with Crippen LogP contribution >= 0.6 is 11.6 Å². The number of nitrogens with zero attached hydrogens (tertiary/aromatic N) is 6. The third kappa shape index (κ3) is 5.45. The van der Waals surface area contributed by atoms with Crippen LogP contribution in [0.5, 0.6) is 0 Å². The van der Waals surface area contributed by atoms with Crippen molar-refractivity contribution in [3.63, 3.8) is 0 Å². The Morgan fingerprint density at radius 1 is 1.14 bits per heavy atom. The van der Waals surface area contributed by atoms with Gasteiger partial charge in [-0.15, -0.1) is 0 Å². The largest absolute Gasteiger partial charge is 0.368 e. The summed E-state index contributed by atoms with van der Waals surface area (Å²) in [7, 11) is 0. The van der Waals surface area contributed by atoms with Gasteiger partial charge in [0.25, 0.3) is 0 Å². The van der Waals surface area contributed by atoms with Gasteiger partial charge in [0, 0.05) is 56.6 Å². The second-order valence-corrected chi connectivity index (χ2v) is 10.2. The van der Waals surface area contributed by atoms with E-state index in [1.165, 1.54) is 18.4 Å². The lowest BCUT2D eigenvalue weighted by molar-refractivity contribution is 0.0610. The van der Waals surface area contributed by atoms with Crippen molar-refractivity contribution in [2.45, 2.75) is 44.8 Å². The van der Waals surface area contributed by atoms with Crippen molar-refractivity contribution in [3.8, 4) is 6.07 Å². The zero-order valence-corrected chi connectivity index (χ0v) is 21.2. The molecule has 1 aromatic heterocycles. The van der Waals surface area contributed by atoms with E-state index in [9.17, 15) is 0 Å². The van der Waals surface area contributed by atoms with E-state index in [-0.39, 0.29) is 0 Å². The standard InChI is InChI=1S/C27H34ClN7/c1-2-23-19-34(27-25(28)15-22(17-32-27)26-30-9-10-31-26)13-14-35(23)24-7-11-33(12-8-24)18-21-5-3-20(16-29)4-6-21/h3-6,15,17,23-24H,2,7-14,18-19H2,1H3,(H,30,31). The first-order valence-corrected chi connectivity index (χ1v) is 13.2. The van der Waals surface area contributed by atoms with Crippen LogP contribution in [-0.4, -0.2) is 78.5 Å². The first-order chi connectivity index (χ1) is 17.1. The quantitative estimate of drug-likeness (QED) is 0.666. The zero-order valence-electron chi connectivity index (χ0n) is 20.5. The molecule has 0 bridgehead atoms. The van der Waals surface area contributed by atoms with Crippen molar-refractivity contribution in [2.75, 3.05) is 50.7 Å². The van der Waals surface area contributed by atoms with Gasteiger partial charge >= 0.3 is 0 Å². The van der Waals surface area contributed by atoms with Gasteiger partial charge in [0.1, 0.15) is 11.7 Å². The molecule has 2 aromatic rings. The van der Waals surface area contributed by atoms with E-state index in [1.807, 2.05) is 24.4 Å². The lowest BCUT2D eigenvalue weighted by Gasteiger charge is -2.47.